The monoisotopic (exact) mass is 462 g/mol. The van der Waals surface area contributed by atoms with E-state index in [2.05, 4.69) is 15.6 Å². The molecule has 33 heavy (non-hydrogen) atoms. The third-order valence-electron chi connectivity index (χ3n) is 5.11. The molecule has 3 amide bonds. The third kappa shape index (κ3) is 6.14. The van der Waals surface area contributed by atoms with E-state index < -0.39 is 6.03 Å². The highest BCUT2D eigenvalue weighted by Crippen LogP contribution is 2.18. The Morgan fingerprint density at radius 2 is 1.82 bits per heavy atom. The van der Waals surface area contributed by atoms with Crippen LogP contribution in [-0.2, 0) is 24.3 Å². The van der Waals surface area contributed by atoms with Crippen LogP contribution in [0.1, 0.15) is 16.8 Å². The summed E-state index contributed by atoms with van der Waals surface area (Å²) in [6, 6.07) is 19.7. The van der Waals surface area contributed by atoms with Crippen molar-refractivity contribution in [1.29, 1.82) is 0 Å². The van der Waals surface area contributed by atoms with Crippen LogP contribution in [0.15, 0.2) is 72.1 Å². The summed E-state index contributed by atoms with van der Waals surface area (Å²) in [4.78, 5) is 30.8. The molecule has 0 bridgehead atoms. The van der Waals surface area contributed by atoms with Gasteiger partial charge in [-0.15, -0.1) is 11.3 Å². The maximum atomic E-state index is 13.2. The molecule has 3 aromatic carbocycles. The number of hydrogen-bond acceptors (Lipinski definition) is 4. The molecule has 0 radical (unpaired) electrons. The molecule has 0 saturated carbocycles. The maximum Gasteiger partial charge on any atom is 0.321 e. The fourth-order valence-corrected chi connectivity index (χ4v) is 4.09. The standard InChI is InChI=1S/C25H23FN4O2S/c1-30(23(31)13-17-9-10-19-6-2-3-7-20(19)11-17)15-22-16-33-25(28-22)29-24(32)27-14-18-5-4-8-21(26)12-18/h2-12,16H,13-15H2,1H3,(H2,27,28,29,32). The number of halogens is 1. The highest BCUT2D eigenvalue weighted by molar-refractivity contribution is 7.13. The number of carbonyl (C=O) groups excluding carboxylic acids is 2. The number of likely N-dealkylation sites (N-methyl/N-ethyl adjacent to an activating group) is 1. The molecule has 4 rings (SSSR count). The summed E-state index contributed by atoms with van der Waals surface area (Å²) < 4.78 is 13.2. The number of aromatic nitrogens is 1. The molecular weight excluding hydrogens is 439 g/mol. The SMILES string of the molecule is CN(Cc1csc(NC(=O)NCc2cccc(F)c2)n1)C(=O)Cc1ccc2ccccc2c1. The lowest BCUT2D eigenvalue weighted by Gasteiger charge is -2.16. The number of carbonyl (C=O) groups is 2. The van der Waals surface area contributed by atoms with Gasteiger partial charge in [0, 0.05) is 19.0 Å². The number of thiazole rings is 1. The lowest BCUT2D eigenvalue weighted by Crippen LogP contribution is -2.28. The molecule has 1 aromatic heterocycles. The van der Waals surface area contributed by atoms with Crippen molar-refractivity contribution in [2.45, 2.75) is 19.5 Å². The zero-order valence-corrected chi connectivity index (χ0v) is 18.9. The van der Waals surface area contributed by atoms with Crippen LogP contribution >= 0.6 is 11.3 Å². The second kappa shape index (κ2) is 10.2. The van der Waals surface area contributed by atoms with E-state index in [-0.39, 0.29) is 18.3 Å². The quantitative estimate of drug-likeness (QED) is 0.408. The van der Waals surface area contributed by atoms with Gasteiger partial charge in [-0.3, -0.25) is 10.1 Å². The molecule has 0 aliphatic heterocycles. The van der Waals surface area contributed by atoms with Crippen LogP contribution in [0.2, 0.25) is 0 Å². The first-order valence-corrected chi connectivity index (χ1v) is 11.3. The third-order valence-corrected chi connectivity index (χ3v) is 5.91. The Balaban J connectivity index is 1.27. The van der Waals surface area contributed by atoms with Crippen LogP contribution < -0.4 is 10.6 Å². The molecule has 168 valence electrons. The normalized spacial score (nSPS) is 10.7. The Morgan fingerprint density at radius 1 is 1.00 bits per heavy atom. The largest absolute Gasteiger partial charge is 0.340 e. The summed E-state index contributed by atoms with van der Waals surface area (Å²) in [6.45, 7) is 0.545. The lowest BCUT2D eigenvalue weighted by molar-refractivity contribution is -0.129. The number of benzene rings is 3. The van der Waals surface area contributed by atoms with Gasteiger partial charge in [0.2, 0.25) is 5.91 Å². The van der Waals surface area contributed by atoms with Gasteiger partial charge in [0.05, 0.1) is 18.7 Å². The molecule has 0 saturated heterocycles. The molecular formula is C25H23FN4O2S. The number of hydrogen-bond donors (Lipinski definition) is 2. The number of amides is 3. The predicted octanol–water partition coefficient (Wildman–Crippen LogP) is 4.96. The van der Waals surface area contributed by atoms with Crippen molar-refractivity contribution in [2.24, 2.45) is 0 Å². The van der Waals surface area contributed by atoms with Crippen molar-refractivity contribution in [3.63, 3.8) is 0 Å². The van der Waals surface area contributed by atoms with Crippen LogP contribution in [-0.4, -0.2) is 28.9 Å². The van der Waals surface area contributed by atoms with E-state index in [0.717, 1.165) is 16.3 Å². The van der Waals surface area contributed by atoms with Gasteiger partial charge in [-0.05, 0) is 34.0 Å². The molecule has 1 heterocycles. The van der Waals surface area contributed by atoms with Gasteiger partial charge in [0.25, 0.3) is 0 Å². The molecule has 4 aromatic rings. The van der Waals surface area contributed by atoms with Crippen molar-refractivity contribution >= 4 is 39.2 Å². The lowest BCUT2D eigenvalue weighted by atomic mass is 10.0. The van der Waals surface area contributed by atoms with Crippen LogP contribution in [0.4, 0.5) is 14.3 Å². The van der Waals surface area contributed by atoms with Crippen molar-refractivity contribution in [3.05, 3.63) is 94.7 Å². The Hall–Kier alpha value is -3.78. The molecule has 0 fully saturated rings. The summed E-state index contributed by atoms with van der Waals surface area (Å²) in [5, 5.41) is 9.82. The molecule has 0 aliphatic carbocycles. The van der Waals surface area contributed by atoms with E-state index >= 15 is 0 Å². The fourth-order valence-electron chi connectivity index (χ4n) is 3.40. The maximum absolute atomic E-state index is 13.2. The second-order valence-corrected chi connectivity index (χ2v) is 8.55. The van der Waals surface area contributed by atoms with E-state index in [0.29, 0.717) is 29.4 Å². The predicted molar refractivity (Wildman–Crippen MR) is 128 cm³/mol. The minimum Gasteiger partial charge on any atom is -0.340 e. The van der Waals surface area contributed by atoms with E-state index in [1.54, 1.807) is 24.1 Å². The second-order valence-electron chi connectivity index (χ2n) is 7.69. The number of nitrogens with one attached hydrogen (secondary N) is 2. The highest BCUT2D eigenvalue weighted by atomic mass is 32.1. The minimum absolute atomic E-state index is 0.0133. The van der Waals surface area contributed by atoms with Gasteiger partial charge in [-0.25, -0.2) is 14.2 Å². The highest BCUT2D eigenvalue weighted by Gasteiger charge is 2.13. The van der Waals surface area contributed by atoms with Crippen LogP contribution in [0.3, 0.4) is 0 Å². The van der Waals surface area contributed by atoms with Gasteiger partial charge >= 0.3 is 6.03 Å². The van der Waals surface area contributed by atoms with Crippen molar-refractivity contribution in [1.82, 2.24) is 15.2 Å². The summed E-state index contributed by atoms with van der Waals surface area (Å²) >= 11 is 1.28. The van der Waals surface area contributed by atoms with E-state index in [1.165, 1.54) is 23.5 Å². The van der Waals surface area contributed by atoms with Crippen molar-refractivity contribution in [2.75, 3.05) is 12.4 Å². The first-order valence-electron chi connectivity index (χ1n) is 10.4. The number of urea groups is 1. The summed E-state index contributed by atoms with van der Waals surface area (Å²) in [6.07, 6.45) is 0.305. The van der Waals surface area contributed by atoms with Crippen LogP contribution in [0.5, 0.6) is 0 Å². The Morgan fingerprint density at radius 3 is 2.64 bits per heavy atom. The molecule has 8 heteroatoms. The van der Waals surface area contributed by atoms with Gasteiger partial charge in [0.15, 0.2) is 5.13 Å². The summed E-state index contributed by atoms with van der Waals surface area (Å²) in [7, 11) is 1.74. The first-order chi connectivity index (χ1) is 16.0. The number of anilines is 1. The van der Waals surface area contributed by atoms with Crippen molar-refractivity contribution in [3.8, 4) is 0 Å². The van der Waals surface area contributed by atoms with Gasteiger partial charge < -0.3 is 10.2 Å². The zero-order valence-electron chi connectivity index (χ0n) is 18.0. The average Bonchev–Trinajstić information content (AvgIpc) is 3.24. The number of rotatable bonds is 7. The molecule has 0 atom stereocenters. The van der Waals surface area contributed by atoms with Gasteiger partial charge in [-0.1, -0.05) is 54.6 Å². The molecule has 0 aliphatic rings. The Bertz CT molecular complexity index is 1290. The van der Waals surface area contributed by atoms with E-state index in [4.69, 9.17) is 0 Å². The molecule has 0 unspecified atom stereocenters. The minimum atomic E-state index is -0.430. The number of nitrogens with zero attached hydrogens (tertiary/aromatic N) is 2. The average molecular weight is 463 g/mol. The molecule has 2 N–H and O–H groups in total. The summed E-state index contributed by atoms with van der Waals surface area (Å²) in [5.41, 5.74) is 2.31. The fraction of sp³-hybridized carbons (Fsp3) is 0.160. The Labute approximate surface area is 195 Å². The first kappa shape index (κ1) is 22.4. The summed E-state index contributed by atoms with van der Waals surface area (Å²) in [5.74, 6) is -0.362. The van der Waals surface area contributed by atoms with Gasteiger partial charge in [-0.2, -0.15) is 0 Å². The van der Waals surface area contributed by atoms with Crippen molar-refractivity contribution < 1.29 is 14.0 Å². The van der Waals surface area contributed by atoms with E-state index in [9.17, 15) is 14.0 Å². The smallest absolute Gasteiger partial charge is 0.321 e. The topological polar surface area (TPSA) is 74.3 Å². The Kier molecular flexibility index (Phi) is 6.95. The number of fused-ring (bicyclic) bond motifs is 1. The molecule has 6 nitrogen and oxygen atoms in total. The van der Waals surface area contributed by atoms with Crippen LogP contribution in [0.25, 0.3) is 10.8 Å². The zero-order chi connectivity index (χ0) is 23.2. The van der Waals surface area contributed by atoms with E-state index in [1.807, 2.05) is 47.8 Å². The molecule has 0 spiro atoms. The van der Waals surface area contributed by atoms with Crippen LogP contribution in [0, 0.1) is 5.82 Å². The van der Waals surface area contributed by atoms with Gasteiger partial charge in [0.1, 0.15) is 5.82 Å².